The van der Waals surface area contributed by atoms with Crippen molar-refractivity contribution < 1.29 is 8.78 Å². The highest BCUT2D eigenvalue weighted by molar-refractivity contribution is 6.31. The maximum absolute atomic E-state index is 13.4. The van der Waals surface area contributed by atoms with Gasteiger partial charge in [0.1, 0.15) is 0 Å². The van der Waals surface area contributed by atoms with Crippen molar-refractivity contribution in [2.24, 2.45) is 5.73 Å². The van der Waals surface area contributed by atoms with Crippen LogP contribution in [0.2, 0.25) is 5.02 Å². The van der Waals surface area contributed by atoms with Crippen molar-refractivity contribution in [2.75, 3.05) is 0 Å². The quantitative estimate of drug-likeness (QED) is 0.806. The Morgan fingerprint density at radius 1 is 0.950 bits per heavy atom. The normalized spacial score (nSPS) is 12.6. The molecule has 2 aromatic rings. The van der Waals surface area contributed by atoms with Gasteiger partial charge in [-0.05, 0) is 55.2 Å². The molecule has 2 aromatic carbocycles. The summed E-state index contributed by atoms with van der Waals surface area (Å²) in [6.45, 7) is 5.89. The fourth-order valence-electron chi connectivity index (χ4n) is 2.61. The fraction of sp³-hybridized carbons (Fsp3) is 0.250. The highest BCUT2D eigenvalue weighted by atomic mass is 35.5. The molecule has 106 valence electrons. The number of halogens is 3. The van der Waals surface area contributed by atoms with Gasteiger partial charge in [0, 0.05) is 5.02 Å². The van der Waals surface area contributed by atoms with E-state index in [0.717, 1.165) is 34.4 Å². The summed E-state index contributed by atoms with van der Waals surface area (Å²) in [7, 11) is 0. The molecule has 0 heterocycles. The van der Waals surface area contributed by atoms with Gasteiger partial charge in [-0.1, -0.05) is 29.3 Å². The van der Waals surface area contributed by atoms with Gasteiger partial charge in [0.25, 0.3) is 0 Å². The molecule has 2 N–H and O–H groups in total. The van der Waals surface area contributed by atoms with Gasteiger partial charge in [-0.15, -0.1) is 0 Å². The third-order valence-corrected chi connectivity index (χ3v) is 3.75. The van der Waals surface area contributed by atoms with E-state index in [9.17, 15) is 8.78 Å². The zero-order valence-corrected chi connectivity index (χ0v) is 12.4. The van der Waals surface area contributed by atoms with Gasteiger partial charge in [-0.25, -0.2) is 8.78 Å². The van der Waals surface area contributed by atoms with E-state index in [4.69, 9.17) is 17.3 Å². The molecular formula is C16H16ClF2N. The summed E-state index contributed by atoms with van der Waals surface area (Å²) in [6, 6.07) is 5.47. The van der Waals surface area contributed by atoms with Crippen LogP contribution < -0.4 is 5.73 Å². The molecule has 0 aliphatic carbocycles. The molecule has 0 bridgehead atoms. The van der Waals surface area contributed by atoms with Crippen LogP contribution in [0.1, 0.15) is 33.9 Å². The van der Waals surface area contributed by atoms with Gasteiger partial charge in [-0.2, -0.15) is 0 Å². The van der Waals surface area contributed by atoms with Gasteiger partial charge in [-0.3, -0.25) is 0 Å². The predicted molar refractivity (Wildman–Crippen MR) is 78.1 cm³/mol. The molecule has 1 unspecified atom stereocenters. The van der Waals surface area contributed by atoms with Crippen LogP contribution in [0.4, 0.5) is 8.78 Å². The lowest BCUT2D eigenvalue weighted by Crippen LogP contribution is -2.16. The molecule has 0 saturated carbocycles. The Kier molecular flexibility index (Phi) is 4.11. The third-order valence-electron chi connectivity index (χ3n) is 3.42. The first-order chi connectivity index (χ1) is 9.31. The number of hydrogen-bond donors (Lipinski definition) is 1. The first-order valence-corrected chi connectivity index (χ1v) is 6.66. The van der Waals surface area contributed by atoms with E-state index in [1.807, 2.05) is 32.9 Å². The van der Waals surface area contributed by atoms with E-state index >= 15 is 0 Å². The lowest BCUT2D eigenvalue weighted by molar-refractivity contribution is 0.506. The second kappa shape index (κ2) is 5.51. The molecule has 0 radical (unpaired) electrons. The molecule has 20 heavy (non-hydrogen) atoms. The van der Waals surface area contributed by atoms with Gasteiger partial charge >= 0.3 is 0 Å². The van der Waals surface area contributed by atoms with E-state index in [-0.39, 0.29) is 5.02 Å². The number of nitrogens with two attached hydrogens (primary N) is 1. The zero-order valence-electron chi connectivity index (χ0n) is 11.6. The van der Waals surface area contributed by atoms with Crippen molar-refractivity contribution in [3.8, 4) is 0 Å². The Morgan fingerprint density at radius 3 is 2.00 bits per heavy atom. The Morgan fingerprint density at radius 2 is 1.45 bits per heavy atom. The van der Waals surface area contributed by atoms with Crippen LogP contribution in [0.25, 0.3) is 0 Å². The van der Waals surface area contributed by atoms with Crippen LogP contribution in [0.3, 0.4) is 0 Å². The first-order valence-electron chi connectivity index (χ1n) is 6.29. The van der Waals surface area contributed by atoms with Crippen LogP contribution in [0.5, 0.6) is 0 Å². The number of benzene rings is 2. The Labute approximate surface area is 122 Å². The lowest BCUT2D eigenvalue weighted by atomic mass is 9.90. The topological polar surface area (TPSA) is 26.0 Å². The van der Waals surface area contributed by atoms with Crippen molar-refractivity contribution in [1.29, 1.82) is 0 Å². The van der Waals surface area contributed by atoms with E-state index in [0.29, 0.717) is 5.56 Å². The Balaban J connectivity index is 2.57. The van der Waals surface area contributed by atoms with E-state index < -0.39 is 17.7 Å². The second-order valence-electron chi connectivity index (χ2n) is 5.08. The van der Waals surface area contributed by atoms with Crippen LogP contribution in [-0.2, 0) is 0 Å². The van der Waals surface area contributed by atoms with Gasteiger partial charge < -0.3 is 5.73 Å². The molecule has 0 saturated heterocycles. The van der Waals surface area contributed by atoms with Crippen molar-refractivity contribution >= 4 is 11.6 Å². The average Bonchev–Trinajstić information content (AvgIpc) is 2.32. The molecule has 4 heteroatoms. The Hall–Kier alpha value is -1.45. The highest BCUT2D eigenvalue weighted by Crippen LogP contribution is 2.32. The minimum atomic E-state index is -0.969. The largest absolute Gasteiger partial charge is 0.320 e. The monoisotopic (exact) mass is 295 g/mol. The smallest absolute Gasteiger partial charge is 0.160 e. The van der Waals surface area contributed by atoms with Crippen LogP contribution >= 0.6 is 11.6 Å². The summed E-state index contributed by atoms with van der Waals surface area (Å²) in [4.78, 5) is 0. The summed E-state index contributed by atoms with van der Waals surface area (Å²) in [6.07, 6.45) is 0. The van der Waals surface area contributed by atoms with Crippen molar-refractivity contribution in [3.63, 3.8) is 0 Å². The molecule has 0 aliphatic rings. The molecule has 0 fully saturated rings. The van der Waals surface area contributed by atoms with Crippen molar-refractivity contribution in [2.45, 2.75) is 26.8 Å². The lowest BCUT2D eigenvalue weighted by Gasteiger charge is -2.20. The molecule has 0 spiro atoms. The maximum Gasteiger partial charge on any atom is 0.160 e. The summed E-state index contributed by atoms with van der Waals surface area (Å²) in [5, 5.41) is 0.135. The van der Waals surface area contributed by atoms with Crippen LogP contribution in [-0.4, -0.2) is 0 Å². The van der Waals surface area contributed by atoms with Crippen molar-refractivity contribution in [3.05, 3.63) is 68.7 Å². The van der Waals surface area contributed by atoms with E-state index in [1.165, 1.54) is 0 Å². The number of rotatable bonds is 2. The average molecular weight is 296 g/mol. The molecule has 0 aromatic heterocycles. The van der Waals surface area contributed by atoms with Crippen molar-refractivity contribution in [1.82, 2.24) is 0 Å². The van der Waals surface area contributed by atoms with E-state index in [1.54, 1.807) is 0 Å². The second-order valence-corrected chi connectivity index (χ2v) is 5.49. The Bertz CT molecular complexity index is 645. The maximum atomic E-state index is 13.4. The molecule has 0 amide bonds. The molecule has 1 nitrogen and oxygen atoms in total. The predicted octanol–water partition coefficient (Wildman–Crippen LogP) is 4.59. The van der Waals surface area contributed by atoms with Crippen LogP contribution in [0, 0.1) is 32.4 Å². The molecule has 2 rings (SSSR count). The van der Waals surface area contributed by atoms with Crippen LogP contribution in [0.15, 0.2) is 24.3 Å². The number of aryl methyl sites for hydroxylation is 3. The van der Waals surface area contributed by atoms with Gasteiger partial charge in [0.15, 0.2) is 11.6 Å². The summed E-state index contributed by atoms with van der Waals surface area (Å²) in [5.41, 5.74) is 10.6. The number of hydrogen-bond acceptors (Lipinski definition) is 1. The zero-order chi connectivity index (χ0) is 15.0. The minimum Gasteiger partial charge on any atom is -0.320 e. The standard InChI is InChI=1S/C16H16ClF2N/c1-8-4-9(2)15(10(3)5-8)16(20)11-6-13(18)14(19)7-12(11)17/h4-7,16H,20H2,1-3H3. The van der Waals surface area contributed by atoms with Gasteiger partial charge in [0.2, 0.25) is 0 Å². The first kappa shape index (κ1) is 14.9. The summed E-state index contributed by atoms with van der Waals surface area (Å²) >= 11 is 6.00. The SMILES string of the molecule is Cc1cc(C)c(C(N)c2cc(F)c(F)cc2Cl)c(C)c1. The summed E-state index contributed by atoms with van der Waals surface area (Å²) in [5.74, 6) is -1.91. The van der Waals surface area contributed by atoms with E-state index in [2.05, 4.69) is 0 Å². The third kappa shape index (κ3) is 2.69. The minimum absolute atomic E-state index is 0.135. The molecular weight excluding hydrogens is 280 g/mol. The highest BCUT2D eigenvalue weighted by Gasteiger charge is 2.19. The molecule has 0 aliphatic heterocycles. The fourth-order valence-corrected chi connectivity index (χ4v) is 2.88. The van der Waals surface area contributed by atoms with Gasteiger partial charge in [0.05, 0.1) is 6.04 Å². The summed E-state index contributed by atoms with van der Waals surface area (Å²) < 4.78 is 26.5. The molecule has 1 atom stereocenters.